The summed E-state index contributed by atoms with van der Waals surface area (Å²) in [5.74, 6) is -0.0654. The minimum atomic E-state index is -0.283. The molecule has 2 aromatic carbocycles. The van der Waals surface area contributed by atoms with Crippen LogP contribution < -0.4 is 0 Å². The zero-order valence-corrected chi connectivity index (χ0v) is 16.0. The van der Waals surface area contributed by atoms with E-state index in [1.807, 2.05) is 30.0 Å². The zero-order chi connectivity index (χ0) is 20.0. The summed E-state index contributed by atoms with van der Waals surface area (Å²) in [5, 5.41) is 13.2. The van der Waals surface area contributed by atoms with Gasteiger partial charge in [0.25, 0.3) is 0 Å². The maximum absolute atomic E-state index is 13.3. The highest BCUT2D eigenvalue weighted by Crippen LogP contribution is 2.32. The number of carbonyl (C=O) groups excluding carboxylic acids is 1. The lowest BCUT2D eigenvalue weighted by Gasteiger charge is -2.23. The number of nitrogens with zero attached hydrogens (tertiary/aromatic N) is 5. The van der Waals surface area contributed by atoms with E-state index in [0.29, 0.717) is 18.7 Å². The average Bonchev–Trinajstić information content (AvgIpc) is 3.45. The van der Waals surface area contributed by atoms with Crippen molar-refractivity contribution >= 4 is 22.5 Å². The second-order valence-corrected chi connectivity index (χ2v) is 7.74. The van der Waals surface area contributed by atoms with E-state index in [1.165, 1.54) is 12.1 Å². The van der Waals surface area contributed by atoms with Crippen LogP contribution >= 0.6 is 0 Å². The molecule has 1 saturated carbocycles. The van der Waals surface area contributed by atoms with Crippen LogP contribution in [0, 0.1) is 18.7 Å². The number of hydrogen-bond acceptors (Lipinski definition) is 4. The molecule has 0 atom stereocenters. The molecule has 0 bridgehead atoms. The molecule has 6 nitrogen and oxygen atoms in total. The standard InChI is InChI=1S/C22H20FN5O/c1-14-2-5-17-11-18(21-24-25-26-28(21)20(17)10-14)13-27(22(29)16-6-7-16)12-15-3-8-19(23)9-4-15/h2-5,8-11,16H,6-7,12-13H2,1H3. The van der Waals surface area contributed by atoms with Crippen molar-refractivity contribution in [1.82, 2.24) is 24.9 Å². The van der Waals surface area contributed by atoms with Crippen molar-refractivity contribution in [3.8, 4) is 0 Å². The molecule has 1 aliphatic rings. The highest BCUT2D eigenvalue weighted by Gasteiger charge is 2.33. The summed E-state index contributed by atoms with van der Waals surface area (Å²) < 4.78 is 15.0. The Kier molecular flexibility index (Phi) is 4.23. The third-order valence-corrected chi connectivity index (χ3v) is 5.39. The number of amides is 1. The van der Waals surface area contributed by atoms with Crippen LogP contribution in [0.15, 0.2) is 48.5 Å². The topological polar surface area (TPSA) is 63.4 Å². The van der Waals surface area contributed by atoms with E-state index >= 15 is 0 Å². The smallest absolute Gasteiger partial charge is 0.226 e. The van der Waals surface area contributed by atoms with Gasteiger partial charge in [-0.1, -0.05) is 24.3 Å². The van der Waals surface area contributed by atoms with Gasteiger partial charge in [-0.05, 0) is 65.6 Å². The summed E-state index contributed by atoms with van der Waals surface area (Å²) in [4.78, 5) is 14.8. The van der Waals surface area contributed by atoms with Gasteiger partial charge in [-0.3, -0.25) is 4.79 Å². The Bertz CT molecular complexity index is 1210. The van der Waals surface area contributed by atoms with Crippen LogP contribution in [0.5, 0.6) is 0 Å². The Morgan fingerprint density at radius 3 is 2.69 bits per heavy atom. The van der Waals surface area contributed by atoms with Crippen LogP contribution in [0.25, 0.3) is 16.6 Å². The summed E-state index contributed by atoms with van der Waals surface area (Å²) in [5.41, 5.74) is 4.50. The molecule has 0 aliphatic heterocycles. The first-order chi connectivity index (χ1) is 14.1. The number of fused-ring (bicyclic) bond motifs is 3. The summed E-state index contributed by atoms with van der Waals surface area (Å²) >= 11 is 0. The van der Waals surface area contributed by atoms with Crippen LogP contribution in [0.3, 0.4) is 0 Å². The first-order valence-electron chi connectivity index (χ1n) is 9.72. The van der Waals surface area contributed by atoms with E-state index in [0.717, 1.165) is 40.4 Å². The molecule has 2 heterocycles. The number of tetrazole rings is 1. The average molecular weight is 389 g/mol. The normalized spacial score (nSPS) is 13.9. The molecule has 1 aliphatic carbocycles. The molecule has 2 aromatic heterocycles. The number of hydrogen-bond donors (Lipinski definition) is 0. The van der Waals surface area contributed by atoms with E-state index in [4.69, 9.17) is 0 Å². The van der Waals surface area contributed by atoms with Gasteiger partial charge in [0, 0.05) is 30.0 Å². The van der Waals surface area contributed by atoms with E-state index in [-0.39, 0.29) is 17.6 Å². The number of rotatable bonds is 5. The van der Waals surface area contributed by atoms with Gasteiger partial charge in [0.2, 0.25) is 5.91 Å². The molecule has 7 heteroatoms. The van der Waals surface area contributed by atoms with Gasteiger partial charge in [-0.25, -0.2) is 4.39 Å². The Labute approximate surface area is 166 Å². The fraction of sp³-hybridized carbons (Fsp3) is 0.273. The van der Waals surface area contributed by atoms with Crippen LogP contribution in [0.4, 0.5) is 4.39 Å². The Hall–Kier alpha value is -3.35. The van der Waals surface area contributed by atoms with Crippen molar-refractivity contribution < 1.29 is 9.18 Å². The minimum absolute atomic E-state index is 0.0885. The third-order valence-electron chi connectivity index (χ3n) is 5.39. The van der Waals surface area contributed by atoms with Crippen molar-refractivity contribution in [3.63, 3.8) is 0 Å². The zero-order valence-electron chi connectivity index (χ0n) is 16.0. The van der Waals surface area contributed by atoms with E-state index in [1.54, 1.807) is 16.6 Å². The molecule has 146 valence electrons. The fourth-order valence-corrected chi connectivity index (χ4v) is 3.69. The van der Waals surface area contributed by atoms with Gasteiger partial charge in [0.1, 0.15) is 5.82 Å². The van der Waals surface area contributed by atoms with Gasteiger partial charge in [-0.2, -0.15) is 4.52 Å². The van der Waals surface area contributed by atoms with Gasteiger partial charge < -0.3 is 4.90 Å². The number of aryl methyl sites for hydroxylation is 1. The lowest BCUT2D eigenvalue weighted by atomic mass is 10.1. The number of pyridine rings is 1. The molecular weight excluding hydrogens is 369 g/mol. The molecule has 0 N–H and O–H groups in total. The van der Waals surface area contributed by atoms with E-state index in [9.17, 15) is 9.18 Å². The van der Waals surface area contributed by atoms with Crippen LogP contribution in [0.2, 0.25) is 0 Å². The summed E-state index contributed by atoms with van der Waals surface area (Å²) in [6, 6.07) is 14.5. The molecule has 0 spiro atoms. The molecule has 5 rings (SSSR count). The largest absolute Gasteiger partial charge is 0.334 e. The van der Waals surface area contributed by atoms with Gasteiger partial charge in [0.15, 0.2) is 5.65 Å². The van der Waals surface area contributed by atoms with Crippen LogP contribution in [0.1, 0.15) is 29.5 Å². The summed E-state index contributed by atoms with van der Waals surface area (Å²) in [7, 11) is 0. The molecular formula is C22H20FN5O. The second-order valence-electron chi connectivity index (χ2n) is 7.74. The number of halogens is 1. The van der Waals surface area contributed by atoms with E-state index in [2.05, 4.69) is 21.6 Å². The molecule has 0 saturated heterocycles. The fourth-order valence-electron chi connectivity index (χ4n) is 3.69. The Morgan fingerprint density at radius 2 is 1.93 bits per heavy atom. The van der Waals surface area contributed by atoms with Crippen molar-refractivity contribution in [2.75, 3.05) is 0 Å². The molecule has 4 aromatic rings. The number of carbonyl (C=O) groups is 1. The maximum Gasteiger partial charge on any atom is 0.226 e. The monoisotopic (exact) mass is 389 g/mol. The van der Waals surface area contributed by atoms with Crippen molar-refractivity contribution in [2.24, 2.45) is 5.92 Å². The maximum atomic E-state index is 13.3. The Balaban J connectivity index is 1.54. The second kappa shape index (κ2) is 6.92. The highest BCUT2D eigenvalue weighted by atomic mass is 19.1. The highest BCUT2D eigenvalue weighted by molar-refractivity contribution is 5.84. The third kappa shape index (κ3) is 3.44. The molecule has 0 unspecified atom stereocenters. The van der Waals surface area contributed by atoms with Crippen molar-refractivity contribution in [1.29, 1.82) is 0 Å². The van der Waals surface area contributed by atoms with Crippen molar-refractivity contribution in [2.45, 2.75) is 32.9 Å². The summed E-state index contributed by atoms with van der Waals surface area (Å²) in [6.45, 7) is 2.86. The van der Waals surface area contributed by atoms with Gasteiger partial charge >= 0.3 is 0 Å². The van der Waals surface area contributed by atoms with Crippen molar-refractivity contribution in [3.05, 3.63) is 71.0 Å². The Morgan fingerprint density at radius 1 is 1.14 bits per heavy atom. The van der Waals surface area contributed by atoms with Crippen LogP contribution in [-0.2, 0) is 17.9 Å². The molecule has 29 heavy (non-hydrogen) atoms. The lowest BCUT2D eigenvalue weighted by Crippen LogP contribution is -2.31. The molecule has 1 amide bonds. The van der Waals surface area contributed by atoms with Crippen LogP contribution in [-0.4, -0.2) is 30.8 Å². The number of aromatic nitrogens is 4. The SMILES string of the molecule is Cc1ccc2cc(CN(Cc3ccc(F)cc3)C(=O)C3CC3)c3nnnn3c2c1. The minimum Gasteiger partial charge on any atom is -0.334 e. The predicted octanol–water partition coefficient (Wildman–Crippen LogP) is 3.66. The predicted molar refractivity (Wildman–Crippen MR) is 106 cm³/mol. The van der Waals surface area contributed by atoms with Gasteiger partial charge in [0.05, 0.1) is 5.52 Å². The quantitative estimate of drug-likeness (QED) is 0.523. The number of benzene rings is 2. The first-order valence-corrected chi connectivity index (χ1v) is 9.72. The summed E-state index contributed by atoms with van der Waals surface area (Å²) in [6.07, 6.45) is 1.86. The van der Waals surface area contributed by atoms with E-state index < -0.39 is 0 Å². The lowest BCUT2D eigenvalue weighted by molar-refractivity contribution is -0.133. The molecule has 0 radical (unpaired) electrons. The molecule has 1 fully saturated rings. The first kappa shape index (κ1) is 17.7. The van der Waals surface area contributed by atoms with Gasteiger partial charge in [-0.15, -0.1) is 5.10 Å².